The summed E-state index contributed by atoms with van der Waals surface area (Å²) in [7, 11) is 0. The molecule has 0 fully saturated rings. The average molecular weight is 388 g/mol. The minimum atomic E-state index is 0.431. The van der Waals surface area contributed by atoms with E-state index in [9.17, 15) is 0 Å². The first kappa shape index (κ1) is 15.8. The van der Waals surface area contributed by atoms with Gasteiger partial charge < -0.3 is 0 Å². The molecule has 3 aromatic rings. The van der Waals surface area contributed by atoms with E-state index in [-0.39, 0.29) is 0 Å². The number of hydrazone groups is 1. The Bertz CT molecular complexity index is 787. The van der Waals surface area contributed by atoms with Crippen molar-refractivity contribution in [2.75, 3.05) is 5.43 Å². The minimum Gasteiger partial charge on any atom is -0.275 e. The highest BCUT2D eigenvalue weighted by molar-refractivity contribution is 7.22. The summed E-state index contributed by atoms with van der Waals surface area (Å²) in [6.45, 7) is 0. The number of halogens is 3. The monoisotopic (exact) mass is 386 g/mol. The highest BCUT2D eigenvalue weighted by Crippen LogP contribution is 2.34. The molecule has 0 spiro atoms. The molecule has 7 heteroatoms. The van der Waals surface area contributed by atoms with E-state index >= 15 is 0 Å². The largest absolute Gasteiger partial charge is 0.275 e. The Kier molecular flexibility index (Phi) is 5.06. The number of benzene rings is 1. The number of anilines is 1. The quantitative estimate of drug-likeness (QED) is 0.383. The number of hydrogen-bond donors (Lipinski definition) is 1. The first-order valence-electron chi connectivity index (χ1n) is 6.21. The summed E-state index contributed by atoms with van der Waals surface area (Å²) in [5.74, 6) is 0. The number of thiophene rings is 2. The molecule has 0 unspecified atom stereocenters. The van der Waals surface area contributed by atoms with Gasteiger partial charge in [0, 0.05) is 19.7 Å². The molecule has 0 bridgehead atoms. The smallest absolute Gasteiger partial charge is 0.0935 e. The van der Waals surface area contributed by atoms with Crippen molar-refractivity contribution in [2.24, 2.45) is 5.10 Å². The number of nitrogens with zero attached hydrogens (tertiary/aromatic N) is 1. The zero-order valence-electron chi connectivity index (χ0n) is 11.0. The summed E-state index contributed by atoms with van der Waals surface area (Å²) in [5, 5.41) is 7.60. The SMILES string of the molecule is Clc1cc(Cl)c(NN=Cc2ccc(-c3cccs3)s2)c(Cl)c1. The van der Waals surface area contributed by atoms with Crippen molar-refractivity contribution in [1.82, 2.24) is 0 Å². The van der Waals surface area contributed by atoms with Crippen LogP contribution in [-0.2, 0) is 0 Å². The fourth-order valence-corrected chi connectivity index (χ4v) is 4.40. The van der Waals surface area contributed by atoms with Crippen LogP contribution >= 0.6 is 57.5 Å². The van der Waals surface area contributed by atoms with Crippen LogP contribution in [0.15, 0.2) is 46.9 Å². The van der Waals surface area contributed by atoms with E-state index in [2.05, 4.69) is 28.0 Å². The van der Waals surface area contributed by atoms with E-state index in [1.807, 2.05) is 12.1 Å². The Labute approximate surface area is 151 Å². The van der Waals surface area contributed by atoms with Crippen LogP contribution in [0.3, 0.4) is 0 Å². The summed E-state index contributed by atoms with van der Waals surface area (Å²) in [4.78, 5) is 3.51. The number of hydrogen-bond acceptors (Lipinski definition) is 4. The Morgan fingerprint density at radius 2 is 1.77 bits per heavy atom. The van der Waals surface area contributed by atoms with Gasteiger partial charge in [0.1, 0.15) is 0 Å². The van der Waals surface area contributed by atoms with Gasteiger partial charge in [0.15, 0.2) is 0 Å². The highest BCUT2D eigenvalue weighted by atomic mass is 35.5. The number of rotatable bonds is 4. The van der Waals surface area contributed by atoms with Gasteiger partial charge in [0.25, 0.3) is 0 Å². The van der Waals surface area contributed by atoms with Crippen molar-refractivity contribution in [2.45, 2.75) is 0 Å². The third-order valence-electron chi connectivity index (χ3n) is 2.77. The van der Waals surface area contributed by atoms with E-state index in [0.29, 0.717) is 20.8 Å². The Morgan fingerprint density at radius 1 is 1.00 bits per heavy atom. The molecule has 0 saturated carbocycles. The van der Waals surface area contributed by atoms with Gasteiger partial charge in [-0.15, -0.1) is 22.7 Å². The highest BCUT2D eigenvalue weighted by Gasteiger charge is 2.07. The van der Waals surface area contributed by atoms with Crippen molar-refractivity contribution in [3.63, 3.8) is 0 Å². The third kappa shape index (κ3) is 3.65. The maximum absolute atomic E-state index is 6.09. The maximum Gasteiger partial charge on any atom is 0.0935 e. The molecule has 1 N–H and O–H groups in total. The van der Waals surface area contributed by atoms with Crippen LogP contribution < -0.4 is 5.43 Å². The van der Waals surface area contributed by atoms with Crippen molar-refractivity contribution in [3.05, 3.63) is 61.7 Å². The maximum atomic E-state index is 6.09. The molecule has 2 nitrogen and oxygen atoms in total. The second-order valence-electron chi connectivity index (χ2n) is 4.29. The van der Waals surface area contributed by atoms with Crippen molar-refractivity contribution < 1.29 is 0 Å². The molecule has 0 radical (unpaired) electrons. The zero-order chi connectivity index (χ0) is 15.5. The molecule has 1 aromatic carbocycles. The van der Waals surface area contributed by atoms with Crippen LogP contribution in [0.5, 0.6) is 0 Å². The summed E-state index contributed by atoms with van der Waals surface area (Å²) in [6.07, 6.45) is 1.74. The van der Waals surface area contributed by atoms with Gasteiger partial charge in [-0.25, -0.2) is 0 Å². The summed E-state index contributed by atoms with van der Waals surface area (Å²) in [6, 6.07) is 11.5. The number of nitrogens with one attached hydrogen (secondary N) is 1. The van der Waals surface area contributed by atoms with E-state index < -0.39 is 0 Å². The topological polar surface area (TPSA) is 24.4 Å². The molecule has 0 amide bonds. The molecule has 22 heavy (non-hydrogen) atoms. The predicted octanol–water partition coefficient (Wildman–Crippen LogP) is 6.88. The van der Waals surface area contributed by atoms with Crippen LogP contribution in [-0.4, -0.2) is 6.21 Å². The summed E-state index contributed by atoms with van der Waals surface area (Å²) >= 11 is 21.4. The molecule has 0 aliphatic heterocycles. The van der Waals surface area contributed by atoms with Gasteiger partial charge in [-0.2, -0.15) is 5.10 Å². The lowest BCUT2D eigenvalue weighted by Gasteiger charge is -2.06. The van der Waals surface area contributed by atoms with Crippen LogP contribution in [0.4, 0.5) is 5.69 Å². The standard InChI is InChI=1S/C15H9Cl3N2S2/c16-9-6-11(17)15(12(18)7-9)20-19-8-10-3-4-14(22-10)13-2-1-5-21-13/h1-8,20H. The first-order chi connectivity index (χ1) is 10.6. The van der Waals surface area contributed by atoms with Gasteiger partial charge >= 0.3 is 0 Å². The normalized spacial score (nSPS) is 11.2. The molecule has 3 rings (SSSR count). The molecule has 0 saturated heterocycles. The van der Waals surface area contributed by atoms with Crippen molar-refractivity contribution in [3.8, 4) is 9.75 Å². The molecule has 0 atom stereocenters. The van der Waals surface area contributed by atoms with Gasteiger partial charge in [0.05, 0.1) is 21.9 Å². The molecule has 2 aromatic heterocycles. The van der Waals surface area contributed by atoms with Gasteiger partial charge in [-0.3, -0.25) is 5.43 Å². The lowest BCUT2D eigenvalue weighted by molar-refractivity contribution is 1.35. The fraction of sp³-hybridized carbons (Fsp3) is 0. The average Bonchev–Trinajstić information content (AvgIpc) is 3.12. The Balaban J connectivity index is 1.73. The lowest BCUT2D eigenvalue weighted by atomic mass is 10.3. The molecular weight excluding hydrogens is 379 g/mol. The lowest BCUT2D eigenvalue weighted by Crippen LogP contribution is -1.91. The Morgan fingerprint density at radius 3 is 2.45 bits per heavy atom. The van der Waals surface area contributed by atoms with Crippen molar-refractivity contribution in [1.29, 1.82) is 0 Å². The van der Waals surface area contributed by atoms with E-state index in [4.69, 9.17) is 34.8 Å². The van der Waals surface area contributed by atoms with Crippen LogP contribution in [0.1, 0.15) is 4.88 Å². The van der Waals surface area contributed by atoms with Gasteiger partial charge in [-0.05, 0) is 35.7 Å². The van der Waals surface area contributed by atoms with Crippen LogP contribution in [0.2, 0.25) is 15.1 Å². The van der Waals surface area contributed by atoms with Gasteiger partial charge in [0.2, 0.25) is 0 Å². The zero-order valence-corrected chi connectivity index (χ0v) is 14.9. The van der Waals surface area contributed by atoms with E-state index in [1.54, 1.807) is 41.0 Å². The van der Waals surface area contributed by atoms with Crippen molar-refractivity contribution >= 4 is 69.4 Å². The first-order valence-corrected chi connectivity index (χ1v) is 9.04. The molecule has 2 heterocycles. The second-order valence-corrected chi connectivity index (χ2v) is 7.61. The summed E-state index contributed by atoms with van der Waals surface area (Å²) < 4.78 is 0. The van der Waals surface area contributed by atoms with E-state index in [1.165, 1.54) is 9.75 Å². The fourth-order valence-electron chi connectivity index (χ4n) is 1.78. The van der Waals surface area contributed by atoms with E-state index in [0.717, 1.165) is 4.88 Å². The van der Waals surface area contributed by atoms with Crippen LogP contribution in [0.25, 0.3) is 9.75 Å². The second kappa shape index (κ2) is 7.02. The van der Waals surface area contributed by atoms with Crippen LogP contribution in [0, 0.1) is 0 Å². The predicted molar refractivity (Wildman–Crippen MR) is 100 cm³/mol. The molecule has 112 valence electrons. The third-order valence-corrected chi connectivity index (χ3v) is 5.67. The minimum absolute atomic E-state index is 0.431. The van der Waals surface area contributed by atoms with Gasteiger partial charge in [-0.1, -0.05) is 40.9 Å². The molecular formula is C15H9Cl3N2S2. The molecule has 0 aliphatic carbocycles. The summed E-state index contributed by atoms with van der Waals surface area (Å²) in [5.41, 5.74) is 3.40. The Hall–Kier alpha value is -1.04. The molecule has 0 aliphatic rings.